The molecular formula is C32H42N6O7. The molecule has 3 amide bonds. The number of ketones is 1. The summed E-state index contributed by atoms with van der Waals surface area (Å²) in [6.07, 6.45) is 1.96. The molecule has 0 radical (unpaired) electrons. The zero-order chi connectivity index (χ0) is 32.4. The van der Waals surface area contributed by atoms with Gasteiger partial charge < -0.3 is 30.2 Å². The van der Waals surface area contributed by atoms with Gasteiger partial charge in [0, 0.05) is 18.5 Å². The minimum absolute atomic E-state index is 0.177. The molecule has 5 rings (SSSR count). The van der Waals surface area contributed by atoms with Crippen molar-refractivity contribution in [3.8, 4) is 5.75 Å². The van der Waals surface area contributed by atoms with Crippen LogP contribution in [-0.2, 0) is 35.1 Å². The molecule has 2 aliphatic heterocycles. The van der Waals surface area contributed by atoms with Crippen LogP contribution in [0.25, 0.3) is 10.9 Å². The van der Waals surface area contributed by atoms with Crippen LogP contribution in [0.1, 0.15) is 25.0 Å². The van der Waals surface area contributed by atoms with Crippen LogP contribution in [0.3, 0.4) is 0 Å². The Morgan fingerprint density at radius 2 is 1.78 bits per heavy atom. The van der Waals surface area contributed by atoms with Gasteiger partial charge >= 0.3 is 0 Å². The molecule has 45 heavy (non-hydrogen) atoms. The zero-order valence-electron chi connectivity index (χ0n) is 26.2. The Labute approximate surface area is 262 Å². The molecule has 2 aromatic carbocycles. The summed E-state index contributed by atoms with van der Waals surface area (Å²) in [5.41, 5.74) is 2.07. The van der Waals surface area contributed by atoms with E-state index in [1.54, 1.807) is 27.2 Å². The fraction of sp³-hybridized carbons (Fsp3) is 0.469. The Morgan fingerprint density at radius 1 is 1.07 bits per heavy atom. The third kappa shape index (κ3) is 10.1. The van der Waals surface area contributed by atoms with Crippen molar-refractivity contribution in [1.82, 2.24) is 31.0 Å². The maximum Gasteiger partial charge on any atom is 0.242 e. The lowest BCUT2D eigenvalue weighted by Crippen LogP contribution is -2.53. The van der Waals surface area contributed by atoms with Crippen molar-refractivity contribution in [3.63, 3.8) is 0 Å². The predicted molar refractivity (Wildman–Crippen MR) is 167 cm³/mol. The van der Waals surface area contributed by atoms with Crippen molar-refractivity contribution < 1.29 is 33.4 Å². The van der Waals surface area contributed by atoms with Crippen molar-refractivity contribution in [2.24, 2.45) is 0 Å². The molecule has 0 aliphatic carbocycles. The number of methoxy groups -OCH3 is 1. The largest absolute Gasteiger partial charge is 0.497 e. The molecule has 242 valence electrons. The van der Waals surface area contributed by atoms with Gasteiger partial charge in [0.1, 0.15) is 17.4 Å². The first-order chi connectivity index (χ1) is 21.6. The van der Waals surface area contributed by atoms with Crippen molar-refractivity contribution in [1.29, 1.82) is 0 Å². The second-order valence-corrected chi connectivity index (χ2v) is 11.4. The minimum Gasteiger partial charge on any atom is -0.497 e. The number of benzene rings is 2. The molecule has 2 unspecified atom stereocenters. The highest BCUT2D eigenvalue weighted by Gasteiger charge is 2.50. The Hall–Kier alpha value is -4.33. The van der Waals surface area contributed by atoms with Gasteiger partial charge in [0.2, 0.25) is 17.7 Å². The molecule has 1 aromatic heterocycles. The highest BCUT2D eigenvalue weighted by atomic mass is 16.6. The zero-order valence-corrected chi connectivity index (χ0v) is 26.2. The van der Waals surface area contributed by atoms with Crippen molar-refractivity contribution in [2.45, 2.75) is 44.9 Å². The maximum absolute atomic E-state index is 13.0. The number of fused-ring (bicyclic) bond motifs is 1. The van der Waals surface area contributed by atoms with Crippen LogP contribution in [0.2, 0.25) is 0 Å². The van der Waals surface area contributed by atoms with Gasteiger partial charge in [-0.2, -0.15) is 5.10 Å². The van der Waals surface area contributed by atoms with Crippen molar-refractivity contribution >= 4 is 34.4 Å². The number of aromatic amines is 1. The molecule has 0 bridgehead atoms. The molecule has 0 saturated carbocycles. The number of amides is 3. The van der Waals surface area contributed by atoms with E-state index in [2.05, 4.69) is 33.1 Å². The first-order valence-electron chi connectivity index (χ1n) is 14.9. The molecule has 0 spiro atoms. The van der Waals surface area contributed by atoms with Crippen molar-refractivity contribution in [2.75, 3.05) is 53.1 Å². The number of aryl methyl sites for hydroxylation is 1. The number of ether oxygens (including phenoxy) is 3. The number of aromatic nitrogens is 2. The Kier molecular flexibility index (Phi) is 11.6. The van der Waals surface area contributed by atoms with Crippen LogP contribution in [0.15, 0.2) is 48.7 Å². The van der Waals surface area contributed by atoms with E-state index >= 15 is 0 Å². The van der Waals surface area contributed by atoms with Gasteiger partial charge in [-0.15, -0.1) is 0 Å². The normalized spacial score (nSPS) is 18.9. The number of epoxide rings is 1. The predicted octanol–water partition coefficient (Wildman–Crippen LogP) is 0.905. The molecule has 13 heteroatoms. The molecular weight excluding hydrogens is 580 g/mol. The van der Waals surface area contributed by atoms with Crippen LogP contribution < -0.4 is 20.7 Å². The summed E-state index contributed by atoms with van der Waals surface area (Å²) in [5, 5.41) is 15.7. The van der Waals surface area contributed by atoms with E-state index in [-0.39, 0.29) is 31.2 Å². The first-order valence-corrected chi connectivity index (χ1v) is 14.9. The van der Waals surface area contributed by atoms with E-state index in [1.807, 2.05) is 47.4 Å². The van der Waals surface area contributed by atoms with E-state index in [9.17, 15) is 19.2 Å². The van der Waals surface area contributed by atoms with Gasteiger partial charge in [0.05, 0.1) is 57.8 Å². The third-order valence-electron chi connectivity index (χ3n) is 7.62. The third-order valence-corrected chi connectivity index (χ3v) is 7.62. The Morgan fingerprint density at radius 3 is 2.44 bits per heavy atom. The summed E-state index contributed by atoms with van der Waals surface area (Å²) in [4.78, 5) is 52.2. The van der Waals surface area contributed by atoms with E-state index < -0.39 is 29.5 Å². The summed E-state index contributed by atoms with van der Waals surface area (Å²) in [6.45, 7) is 7.92. The number of nitrogens with one attached hydrogen (secondary N) is 4. The highest BCUT2D eigenvalue weighted by molar-refractivity contribution is 5.97. The van der Waals surface area contributed by atoms with Crippen LogP contribution in [0.5, 0.6) is 5.75 Å². The van der Waals surface area contributed by atoms with E-state index in [0.29, 0.717) is 32.9 Å². The van der Waals surface area contributed by atoms with E-state index in [1.165, 1.54) is 5.56 Å². The average Bonchev–Trinajstić information content (AvgIpc) is 3.61. The van der Waals surface area contributed by atoms with Gasteiger partial charge in [-0.3, -0.25) is 29.2 Å². The van der Waals surface area contributed by atoms with Crippen LogP contribution in [0, 0.1) is 6.92 Å². The summed E-state index contributed by atoms with van der Waals surface area (Å²) >= 11 is 0. The number of carbonyl (C=O) groups is 4. The maximum atomic E-state index is 13.0. The van der Waals surface area contributed by atoms with Gasteiger partial charge in [-0.1, -0.05) is 23.8 Å². The first kappa shape index (κ1) is 33.6. The van der Waals surface area contributed by atoms with Crippen LogP contribution in [0.4, 0.5) is 0 Å². The SMILES string of the molecule is CC(NC(=O)CN1CCOCC1)C(=O)NCC(=O)NC(Cc1ccc2[nH]ncc2c1)C(=O)[C@@]1(C)CO1.COc1ccc(C)cc1. The number of Topliss-reactive ketones (excluding diaryl/α,β-unsaturated/α-hetero) is 1. The second-order valence-electron chi connectivity index (χ2n) is 11.4. The summed E-state index contributed by atoms with van der Waals surface area (Å²) < 4.78 is 15.5. The number of hydrogen-bond donors (Lipinski definition) is 4. The smallest absolute Gasteiger partial charge is 0.242 e. The van der Waals surface area contributed by atoms with Crippen LogP contribution in [-0.4, -0.2) is 109 Å². The molecule has 3 heterocycles. The quantitative estimate of drug-likeness (QED) is 0.215. The molecule has 4 N–H and O–H groups in total. The van der Waals surface area contributed by atoms with Crippen molar-refractivity contribution in [3.05, 3.63) is 59.8 Å². The second kappa shape index (κ2) is 15.6. The number of morpholine rings is 1. The number of H-pyrrole nitrogens is 1. The topological polar surface area (TPSA) is 167 Å². The highest BCUT2D eigenvalue weighted by Crippen LogP contribution is 2.29. The van der Waals surface area contributed by atoms with Gasteiger partial charge in [-0.25, -0.2) is 0 Å². The number of rotatable bonds is 12. The van der Waals surface area contributed by atoms with Gasteiger partial charge in [0.25, 0.3) is 0 Å². The Bertz CT molecular complexity index is 1460. The Balaban J connectivity index is 0.000000440. The molecule has 3 aromatic rings. The summed E-state index contributed by atoms with van der Waals surface area (Å²) in [6, 6.07) is 12.0. The minimum atomic E-state index is -0.916. The fourth-order valence-corrected chi connectivity index (χ4v) is 4.74. The summed E-state index contributed by atoms with van der Waals surface area (Å²) in [5.74, 6) is -0.589. The number of nitrogens with zero attached hydrogens (tertiary/aromatic N) is 2. The standard InChI is InChI=1S/C24H32N6O6.C8H10O/c1-15(27-21(32)13-30-5-7-35-8-6-30)23(34)25-12-20(31)28-19(22(33)24(2)14-36-24)10-16-3-4-18-17(9-16)11-26-29-18;1-7-3-5-8(9-2)6-4-7/h3-4,9,11,15,19H,5-8,10,12-14H2,1-2H3,(H,25,34)(H,26,29)(H,27,32)(H,28,31);3-6H,1-2H3/t15?,19?,24-;/m1./s1. The molecule has 2 aliphatic rings. The fourth-order valence-electron chi connectivity index (χ4n) is 4.74. The van der Waals surface area contributed by atoms with Gasteiger partial charge in [0.15, 0.2) is 5.78 Å². The van der Waals surface area contributed by atoms with E-state index in [4.69, 9.17) is 14.2 Å². The lowest BCUT2D eigenvalue weighted by Gasteiger charge is -2.26. The van der Waals surface area contributed by atoms with Gasteiger partial charge in [-0.05, 0) is 57.0 Å². The lowest BCUT2D eigenvalue weighted by molar-refractivity contribution is -0.132. The average molecular weight is 623 g/mol. The monoisotopic (exact) mass is 622 g/mol. The lowest BCUT2D eigenvalue weighted by atomic mass is 9.94. The number of hydrogen-bond acceptors (Lipinski definition) is 9. The number of carbonyl (C=O) groups excluding carboxylic acids is 4. The molecule has 2 fully saturated rings. The summed E-state index contributed by atoms with van der Waals surface area (Å²) in [7, 11) is 1.67. The van der Waals surface area contributed by atoms with Crippen LogP contribution >= 0.6 is 0 Å². The molecule has 13 nitrogen and oxygen atoms in total. The van der Waals surface area contributed by atoms with E-state index in [0.717, 1.165) is 22.2 Å². The molecule has 2 saturated heterocycles. The molecule has 3 atom stereocenters.